The minimum atomic E-state index is -0.791. The highest BCUT2D eigenvalue weighted by atomic mass is 16.4. The average Bonchev–Trinajstić information content (AvgIpc) is 2.29. The molecule has 18 heavy (non-hydrogen) atoms. The average molecular weight is 258 g/mol. The molecule has 0 saturated carbocycles. The lowest BCUT2D eigenvalue weighted by Crippen LogP contribution is -2.33. The molecule has 0 saturated heterocycles. The Morgan fingerprint density at radius 1 is 1.00 bits per heavy atom. The number of amides is 1. The third-order valence-electron chi connectivity index (χ3n) is 2.80. The first-order chi connectivity index (χ1) is 8.47. The van der Waals surface area contributed by atoms with Crippen LogP contribution in [0.3, 0.4) is 0 Å². The third kappa shape index (κ3) is 8.98. The van der Waals surface area contributed by atoms with Gasteiger partial charge in [0.05, 0.1) is 0 Å². The van der Waals surface area contributed by atoms with Crippen LogP contribution >= 0.6 is 0 Å². The molecule has 0 aliphatic rings. The van der Waals surface area contributed by atoms with Crippen molar-refractivity contribution in [2.45, 2.75) is 39.0 Å². The van der Waals surface area contributed by atoms with Crippen molar-refractivity contribution in [3.8, 4) is 0 Å². The van der Waals surface area contributed by atoms with E-state index in [9.17, 15) is 9.59 Å². The van der Waals surface area contributed by atoms with E-state index >= 15 is 0 Å². The maximum atomic E-state index is 11.9. The normalized spacial score (nSPS) is 10.7. The van der Waals surface area contributed by atoms with Crippen LogP contribution in [-0.2, 0) is 9.59 Å². The predicted molar refractivity (Wildman–Crippen MR) is 71.5 cm³/mol. The molecule has 0 rings (SSSR count). The molecule has 0 atom stereocenters. The maximum Gasteiger partial charge on any atom is 0.303 e. The topological polar surface area (TPSA) is 60.9 Å². The van der Waals surface area contributed by atoms with Gasteiger partial charge in [-0.15, -0.1) is 0 Å². The van der Waals surface area contributed by atoms with E-state index in [0.29, 0.717) is 19.3 Å². The first kappa shape index (κ1) is 16.9. The molecule has 0 radical (unpaired) electrons. The van der Waals surface area contributed by atoms with Gasteiger partial charge in [-0.2, -0.15) is 0 Å². The molecule has 0 aromatic heterocycles. The van der Waals surface area contributed by atoms with Crippen LogP contribution in [0.15, 0.2) is 0 Å². The van der Waals surface area contributed by atoms with Crippen molar-refractivity contribution in [1.82, 2.24) is 9.80 Å². The number of hydrogen-bond acceptors (Lipinski definition) is 3. The van der Waals surface area contributed by atoms with Gasteiger partial charge in [0.2, 0.25) is 5.91 Å². The number of carbonyl (C=O) groups excluding carboxylic acids is 1. The lowest BCUT2D eigenvalue weighted by Gasteiger charge is -2.21. The summed E-state index contributed by atoms with van der Waals surface area (Å²) in [5.41, 5.74) is 0. The summed E-state index contributed by atoms with van der Waals surface area (Å²) < 4.78 is 0. The summed E-state index contributed by atoms with van der Waals surface area (Å²) in [6, 6.07) is 0. The molecule has 0 aromatic carbocycles. The third-order valence-corrected chi connectivity index (χ3v) is 2.80. The first-order valence-corrected chi connectivity index (χ1v) is 6.61. The van der Waals surface area contributed by atoms with Gasteiger partial charge in [0, 0.05) is 25.9 Å². The number of carbonyl (C=O) groups is 2. The Kier molecular flexibility index (Phi) is 9.28. The van der Waals surface area contributed by atoms with Crippen molar-refractivity contribution in [2.75, 3.05) is 33.7 Å². The monoisotopic (exact) mass is 258 g/mol. The molecule has 0 heterocycles. The molecule has 0 fully saturated rings. The Hall–Kier alpha value is -1.10. The van der Waals surface area contributed by atoms with E-state index in [-0.39, 0.29) is 12.3 Å². The molecular weight excluding hydrogens is 232 g/mol. The number of rotatable bonds is 10. The zero-order valence-electron chi connectivity index (χ0n) is 11.8. The van der Waals surface area contributed by atoms with Crippen LogP contribution in [0.5, 0.6) is 0 Å². The van der Waals surface area contributed by atoms with Crippen LogP contribution in [0, 0.1) is 0 Å². The predicted octanol–water partition coefficient (Wildman–Crippen LogP) is 1.43. The van der Waals surface area contributed by atoms with Gasteiger partial charge in [-0.3, -0.25) is 9.59 Å². The molecular formula is C13H26N2O3. The van der Waals surface area contributed by atoms with E-state index < -0.39 is 5.97 Å². The molecule has 1 amide bonds. The largest absolute Gasteiger partial charge is 0.481 e. The van der Waals surface area contributed by atoms with E-state index in [0.717, 1.165) is 26.1 Å². The van der Waals surface area contributed by atoms with Gasteiger partial charge in [0.1, 0.15) is 0 Å². The van der Waals surface area contributed by atoms with Gasteiger partial charge in [-0.05, 0) is 46.8 Å². The Labute approximate surface area is 110 Å². The van der Waals surface area contributed by atoms with Gasteiger partial charge >= 0.3 is 5.97 Å². The van der Waals surface area contributed by atoms with Crippen LogP contribution < -0.4 is 0 Å². The van der Waals surface area contributed by atoms with E-state index in [1.165, 1.54) is 0 Å². The summed E-state index contributed by atoms with van der Waals surface area (Å²) in [6.07, 6.45) is 2.83. The number of nitrogens with zero attached hydrogens (tertiary/aromatic N) is 2. The zero-order chi connectivity index (χ0) is 14.0. The van der Waals surface area contributed by atoms with Gasteiger partial charge in [0.15, 0.2) is 0 Å². The minimum Gasteiger partial charge on any atom is -0.481 e. The van der Waals surface area contributed by atoms with Crippen molar-refractivity contribution < 1.29 is 14.7 Å². The fourth-order valence-corrected chi connectivity index (χ4v) is 1.75. The summed E-state index contributed by atoms with van der Waals surface area (Å²) in [5.74, 6) is -0.651. The van der Waals surface area contributed by atoms with Crippen LogP contribution in [-0.4, -0.2) is 60.5 Å². The second-order valence-corrected chi connectivity index (χ2v) is 4.73. The second-order valence-electron chi connectivity index (χ2n) is 4.73. The number of carboxylic acids is 1. The molecule has 0 aliphatic carbocycles. The Morgan fingerprint density at radius 3 is 2.11 bits per heavy atom. The van der Waals surface area contributed by atoms with Crippen molar-refractivity contribution in [2.24, 2.45) is 0 Å². The molecule has 106 valence electrons. The maximum absolute atomic E-state index is 11.9. The minimum absolute atomic E-state index is 0.140. The van der Waals surface area contributed by atoms with E-state index in [4.69, 9.17) is 5.11 Å². The summed E-state index contributed by atoms with van der Waals surface area (Å²) in [7, 11) is 4.04. The highest BCUT2D eigenvalue weighted by molar-refractivity contribution is 5.76. The molecule has 5 heteroatoms. The van der Waals surface area contributed by atoms with Crippen LogP contribution in [0.2, 0.25) is 0 Å². The van der Waals surface area contributed by atoms with Crippen LogP contribution in [0.25, 0.3) is 0 Å². The molecule has 0 unspecified atom stereocenters. The highest BCUT2D eigenvalue weighted by Crippen LogP contribution is 2.04. The number of unbranched alkanes of at least 4 members (excludes halogenated alkanes) is 1. The molecule has 1 N–H and O–H groups in total. The van der Waals surface area contributed by atoms with Gasteiger partial charge in [-0.1, -0.05) is 0 Å². The van der Waals surface area contributed by atoms with Crippen molar-refractivity contribution in [1.29, 1.82) is 0 Å². The van der Waals surface area contributed by atoms with Crippen molar-refractivity contribution in [3.63, 3.8) is 0 Å². The van der Waals surface area contributed by atoms with Crippen LogP contribution in [0.4, 0.5) is 0 Å². The molecule has 5 nitrogen and oxygen atoms in total. The van der Waals surface area contributed by atoms with Crippen molar-refractivity contribution >= 4 is 11.9 Å². The zero-order valence-corrected chi connectivity index (χ0v) is 11.8. The highest BCUT2D eigenvalue weighted by Gasteiger charge is 2.11. The number of hydrogen-bond donors (Lipinski definition) is 1. The van der Waals surface area contributed by atoms with E-state index in [1.807, 2.05) is 25.9 Å². The standard InChI is InChI=1S/C13H26N2O3/c1-4-15(11-7-10-14(2)3)12(16)8-5-6-9-13(17)18/h4-11H2,1-3H3,(H,17,18). The Balaban J connectivity index is 3.78. The number of carboxylic acid groups (broad SMARTS) is 1. The van der Waals surface area contributed by atoms with Gasteiger partial charge in [0.25, 0.3) is 0 Å². The van der Waals surface area contributed by atoms with E-state index in [1.54, 1.807) is 0 Å². The molecule has 0 bridgehead atoms. The summed E-state index contributed by atoms with van der Waals surface area (Å²) in [5, 5.41) is 8.50. The fraction of sp³-hybridized carbons (Fsp3) is 0.846. The lowest BCUT2D eigenvalue weighted by molar-refractivity contribution is -0.137. The lowest BCUT2D eigenvalue weighted by atomic mass is 10.2. The quantitative estimate of drug-likeness (QED) is 0.602. The van der Waals surface area contributed by atoms with Gasteiger partial charge < -0.3 is 14.9 Å². The van der Waals surface area contributed by atoms with Crippen molar-refractivity contribution in [3.05, 3.63) is 0 Å². The molecule has 0 aliphatic heterocycles. The summed E-state index contributed by atoms with van der Waals surface area (Å²) in [4.78, 5) is 26.2. The van der Waals surface area contributed by atoms with Crippen LogP contribution in [0.1, 0.15) is 39.0 Å². The Morgan fingerprint density at radius 2 is 1.61 bits per heavy atom. The SMILES string of the molecule is CCN(CCCN(C)C)C(=O)CCCCC(=O)O. The smallest absolute Gasteiger partial charge is 0.303 e. The fourth-order valence-electron chi connectivity index (χ4n) is 1.75. The second kappa shape index (κ2) is 9.88. The molecule has 0 aromatic rings. The Bertz CT molecular complexity index is 255. The van der Waals surface area contributed by atoms with Gasteiger partial charge in [-0.25, -0.2) is 0 Å². The first-order valence-electron chi connectivity index (χ1n) is 6.61. The molecule has 0 spiro atoms. The summed E-state index contributed by atoms with van der Waals surface area (Å²) in [6.45, 7) is 4.46. The van der Waals surface area contributed by atoms with E-state index in [2.05, 4.69) is 4.90 Å². The summed E-state index contributed by atoms with van der Waals surface area (Å²) >= 11 is 0. The number of aliphatic carboxylic acids is 1.